The third-order valence-corrected chi connectivity index (χ3v) is 3.87. The maximum atomic E-state index is 11.0. The minimum Gasteiger partial charge on any atom is -0.478 e. The molecule has 20 heavy (non-hydrogen) atoms. The molecule has 0 aliphatic carbocycles. The molecule has 1 N–H and O–H groups in total. The van der Waals surface area contributed by atoms with E-state index < -0.39 is 27.0 Å². The molecule has 1 heterocycles. The van der Waals surface area contributed by atoms with Gasteiger partial charge in [-0.15, -0.1) is 14.4 Å². The molecule has 0 atom stereocenters. The lowest BCUT2D eigenvalue weighted by Gasteiger charge is -2.01. The maximum Gasteiger partial charge on any atom is 0.570 e. The maximum absolute atomic E-state index is 11.0. The molecule has 1 aromatic carbocycles. The average molecular weight is 405 g/mol. The Bertz CT molecular complexity index is 627. The minimum atomic E-state index is -4.03. The van der Waals surface area contributed by atoms with Crippen molar-refractivity contribution in [1.82, 2.24) is 0 Å². The molecule has 0 radical (unpaired) electrons. The Balaban J connectivity index is 2.29. The van der Waals surface area contributed by atoms with E-state index in [-0.39, 0.29) is 11.3 Å². The lowest BCUT2D eigenvalue weighted by Crippen LogP contribution is -4.00. The number of hydrogen-bond donors (Lipinski definition) is 1. The first-order valence-corrected chi connectivity index (χ1v) is 8.77. The molecule has 104 valence electrons. The highest BCUT2D eigenvalue weighted by atomic mass is 127. The summed E-state index contributed by atoms with van der Waals surface area (Å²) in [5.74, 6) is -1.47. The molecule has 0 saturated heterocycles. The number of thiophene rings is 1. The van der Waals surface area contributed by atoms with Crippen LogP contribution in [0.2, 0.25) is 0 Å². The fourth-order valence-corrected chi connectivity index (χ4v) is 2.74. The minimum absolute atomic E-state index is 0.214. The van der Waals surface area contributed by atoms with E-state index in [1.165, 1.54) is 29.5 Å². The molecular weight excluding hydrogens is 397 g/mol. The number of halogens is 1. The van der Waals surface area contributed by atoms with E-state index in [9.17, 15) is 11.7 Å². The van der Waals surface area contributed by atoms with Crippen molar-refractivity contribution < 1.29 is 40.9 Å². The molecule has 0 aliphatic heterocycles. The first-order chi connectivity index (χ1) is 9.56. The van der Waals surface area contributed by atoms with Crippen LogP contribution in [0.15, 0.2) is 40.7 Å². The Kier molecular flexibility index (Phi) is 5.06. The molecule has 0 amide bonds. The Morgan fingerprint density at radius 2 is 2.20 bits per heavy atom. The summed E-state index contributed by atoms with van der Waals surface area (Å²) >= 11 is -2.53. The van der Waals surface area contributed by atoms with E-state index in [1.807, 2.05) is 17.5 Å². The zero-order chi connectivity index (χ0) is 14.5. The summed E-state index contributed by atoms with van der Waals surface area (Å²) in [5, 5.41) is 10.8. The number of hydrogen-bond acceptors (Lipinski definition) is 6. The summed E-state index contributed by atoms with van der Waals surface area (Å²) in [5.41, 5.74) is 0.199. The summed E-state index contributed by atoms with van der Waals surface area (Å²) in [6, 6.07) is 7.77. The van der Waals surface area contributed by atoms with Crippen LogP contribution in [0.3, 0.4) is 0 Å². The summed E-state index contributed by atoms with van der Waals surface area (Å²) in [6.45, 7) is 0. The lowest BCUT2D eigenvalue weighted by molar-refractivity contribution is -1.62. The molecule has 0 saturated carbocycles. The number of aromatic carboxylic acids is 1. The van der Waals surface area contributed by atoms with Crippen LogP contribution in [-0.2, 0) is 0 Å². The quantitative estimate of drug-likeness (QED) is 0.444. The van der Waals surface area contributed by atoms with Crippen LogP contribution < -0.4 is 31.0 Å². The number of rotatable bonds is 5. The molecule has 8 heteroatoms. The predicted octanol–water partition coefficient (Wildman–Crippen LogP) is -2.33. The van der Waals surface area contributed by atoms with Crippen molar-refractivity contribution in [2.45, 2.75) is 0 Å². The van der Waals surface area contributed by atoms with Crippen LogP contribution >= 0.6 is 11.3 Å². The highest BCUT2D eigenvalue weighted by molar-refractivity contribution is 7.11. The van der Waals surface area contributed by atoms with Gasteiger partial charge >= 0.3 is 27.0 Å². The van der Waals surface area contributed by atoms with Gasteiger partial charge in [-0.2, -0.15) is 0 Å². The van der Waals surface area contributed by atoms with E-state index >= 15 is 0 Å². The van der Waals surface area contributed by atoms with Gasteiger partial charge in [0, 0.05) is 17.2 Å². The van der Waals surface area contributed by atoms with Crippen molar-refractivity contribution in [3.8, 4) is 5.75 Å². The number of carbonyl (C=O) groups is 1. The number of aliphatic imine (C=N–C) groups is 1. The van der Waals surface area contributed by atoms with Crippen molar-refractivity contribution in [3.63, 3.8) is 0 Å². The summed E-state index contributed by atoms with van der Waals surface area (Å²) in [7, 11) is 0. The van der Waals surface area contributed by atoms with E-state index in [1.54, 1.807) is 6.21 Å². The smallest absolute Gasteiger partial charge is 0.478 e. The SMILES string of the molecule is O=C(O)c1ccc(N=Cc2cccs2)cc1O[I+2]([O-])[O-]. The molecule has 0 aliphatic rings. The topological polar surface area (TPSA) is 105 Å². The van der Waals surface area contributed by atoms with Crippen molar-refractivity contribution in [2.24, 2.45) is 4.99 Å². The molecule has 1 aromatic heterocycles. The van der Waals surface area contributed by atoms with Crippen molar-refractivity contribution in [1.29, 1.82) is 0 Å². The Morgan fingerprint density at radius 1 is 1.40 bits per heavy atom. The third kappa shape index (κ3) is 4.00. The number of carboxylic acid groups (broad SMARTS) is 1. The van der Waals surface area contributed by atoms with Crippen molar-refractivity contribution in [2.75, 3.05) is 0 Å². The fraction of sp³-hybridized carbons (Fsp3) is 0. The van der Waals surface area contributed by atoms with E-state index in [2.05, 4.69) is 8.06 Å². The van der Waals surface area contributed by atoms with Crippen molar-refractivity contribution >= 4 is 29.2 Å². The Hall–Kier alpha value is -1.49. The van der Waals surface area contributed by atoms with Gasteiger partial charge in [-0.05, 0) is 23.6 Å². The van der Waals surface area contributed by atoms with Crippen LogP contribution in [0.1, 0.15) is 15.2 Å². The van der Waals surface area contributed by atoms with Gasteiger partial charge in [0.05, 0.1) is 5.69 Å². The van der Waals surface area contributed by atoms with Gasteiger partial charge in [0.25, 0.3) is 0 Å². The second-order valence-corrected chi connectivity index (χ2v) is 6.02. The lowest BCUT2D eigenvalue weighted by atomic mass is 10.2. The van der Waals surface area contributed by atoms with Gasteiger partial charge in [-0.25, -0.2) is 4.79 Å². The van der Waals surface area contributed by atoms with Gasteiger partial charge < -0.3 is 12.0 Å². The first-order valence-electron chi connectivity index (χ1n) is 5.25. The van der Waals surface area contributed by atoms with E-state index in [4.69, 9.17) is 5.11 Å². The summed E-state index contributed by atoms with van der Waals surface area (Å²) in [4.78, 5) is 16.0. The number of benzene rings is 1. The monoisotopic (exact) mass is 405 g/mol. The van der Waals surface area contributed by atoms with Crippen LogP contribution in [0.5, 0.6) is 5.75 Å². The number of carboxylic acids is 1. The highest BCUT2D eigenvalue weighted by Crippen LogP contribution is 2.24. The molecule has 2 rings (SSSR count). The standard InChI is InChI=1S/C12H8INO5S/c15-12(16)10-4-3-8(6-11(10)19-13(17)18)14-7-9-2-1-5-20-9/h1-7H,(H,15,16). The molecule has 2 aromatic rings. The normalized spacial score (nSPS) is 11.2. The number of nitrogens with zero attached hydrogens (tertiary/aromatic N) is 1. The predicted molar refractivity (Wildman–Crippen MR) is 65.6 cm³/mol. The molecule has 0 spiro atoms. The fourth-order valence-electron chi connectivity index (χ4n) is 1.40. The van der Waals surface area contributed by atoms with Gasteiger partial charge in [0.1, 0.15) is 5.56 Å². The first kappa shape index (κ1) is 14.9. The molecular formula is C12H8INO5S. The largest absolute Gasteiger partial charge is 0.570 e. The van der Waals surface area contributed by atoms with Gasteiger partial charge in [0.2, 0.25) is 5.75 Å². The summed E-state index contributed by atoms with van der Waals surface area (Å²) < 4.78 is 25.9. The summed E-state index contributed by atoms with van der Waals surface area (Å²) in [6.07, 6.45) is 1.61. The second kappa shape index (κ2) is 6.79. The second-order valence-electron chi connectivity index (χ2n) is 3.53. The van der Waals surface area contributed by atoms with Crippen LogP contribution in [0.25, 0.3) is 0 Å². The van der Waals surface area contributed by atoms with Gasteiger partial charge in [-0.1, -0.05) is 6.07 Å². The van der Waals surface area contributed by atoms with Crippen molar-refractivity contribution in [3.05, 3.63) is 46.2 Å². The van der Waals surface area contributed by atoms with Gasteiger partial charge in [-0.3, -0.25) is 4.99 Å². The average Bonchev–Trinajstić information content (AvgIpc) is 2.88. The third-order valence-electron chi connectivity index (χ3n) is 2.23. The Labute approximate surface area is 127 Å². The highest BCUT2D eigenvalue weighted by Gasteiger charge is 2.22. The zero-order valence-electron chi connectivity index (χ0n) is 9.86. The Morgan fingerprint density at radius 3 is 2.80 bits per heavy atom. The van der Waals surface area contributed by atoms with Crippen LogP contribution in [0, 0.1) is 0 Å². The molecule has 0 bridgehead atoms. The zero-order valence-corrected chi connectivity index (χ0v) is 12.8. The van der Waals surface area contributed by atoms with Crippen LogP contribution in [-0.4, -0.2) is 17.3 Å². The van der Waals surface area contributed by atoms with Crippen LogP contribution in [0.4, 0.5) is 5.69 Å². The molecule has 6 nitrogen and oxygen atoms in total. The van der Waals surface area contributed by atoms with E-state index in [0.717, 1.165) is 4.88 Å². The molecule has 0 fully saturated rings. The molecule has 0 unspecified atom stereocenters. The van der Waals surface area contributed by atoms with Gasteiger partial charge in [0.15, 0.2) is 0 Å². The van der Waals surface area contributed by atoms with E-state index in [0.29, 0.717) is 5.69 Å².